The average molecular weight is 266 g/mol. The Hall–Kier alpha value is -2.11. The summed E-state index contributed by atoms with van der Waals surface area (Å²) in [5.74, 6) is -0.667. The number of hydrogen-bond acceptors (Lipinski definition) is 4. The van der Waals surface area contributed by atoms with Crippen LogP contribution in [-0.4, -0.2) is 42.5 Å². The zero-order valence-electron chi connectivity index (χ0n) is 11.4. The van der Waals surface area contributed by atoms with Gasteiger partial charge in [-0.25, -0.2) is 0 Å². The second kappa shape index (κ2) is 6.72. The molecule has 0 fully saturated rings. The summed E-state index contributed by atoms with van der Waals surface area (Å²) in [6.45, 7) is 2.14. The number of hydrogen-bond donors (Lipinski definition) is 1. The number of methoxy groups -OCH3 is 1. The normalized spacial score (nSPS) is 10.1. The lowest BCUT2D eigenvalue weighted by Crippen LogP contribution is -2.32. The minimum absolute atomic E-state index is 0.103. The molecule has 0 saturated heterocycles. The number of H-pyrrole nitrogens is 1. The van der Waals surface area contributed by atoms with E-state index in [1.54, 1.807) is 14.0 Å². The van der Waals surface area contributed by atoms with E-state index in [2.05, 4.69) is 9.72 Å². The van der Waals surface area contributed by atoms with Crippen LogP contribution in [0.1, 0.15) is 28.9 Å². The molecule has 1 heterocycles. The maximum Gasteiger partial charge on any atom is 0.305 e. The number of carbonyl (C=O) groups excluding carboxylic acids is 2. The highest BCUT2D eigenvalue weighted by atomic mass is 16.5. The van der Waals surface area contributed by atoms with E-state index in [4.69, 9.17) is 0 Å². The molecule has 0 aliphatic rings. The number of carbonyl (C=O) groups is 2. The molecule has 1 amide bonds. The first-order chi connectivity index (χ1) is 8.95. The molecule has 0 unspecified atom stereocenters. The quantitative estimate of drug-likeness (QED) is 0.796. The minimum atomic E-state index is -0.355. The number of aryl methyl sites for hydroxylation is 1. The number of rotatable bonds is 5. The van der Waals surface area contributed by atoms with Gasteiger partial charge in [-0.15, -0.1) is 0 Å². The average Bonchev–Trinajstić information content (AvgIpc) is 2.37. The van der Waals surface area contributed by atoms with Gasteiger partial charge in [0.05, 0.1) is 7.11 Å². The molecule has 104 valence electrons. The molecule has 0 atom stereocenters. The fraction of sp³-hybridized carbons (Fsp3) is 0.462. The molecule has 6 heteroatoms. The maximum atomic E-state index is 12.0. The number of aromatic nitrogens is 1. The van der Waals surface area contributed by atoms with Crippen LogP contribution in [0.5, 0.6) is 0 Å². The zero-order valence-corrected chi connectivity index (χ0v) is 11.4. The predicted molar refractivity (Wildman–Crippen MR) is 70.0 cm³/mol. The Morgan fingerprint density at radius 1 is 1.42 bits per heavy atom. The fourth-order valence-corrected chi connectivity index (χ4v) is 1.61. The van der Waals surface area contributed by atoms with E-state index < -0.39 is 0 Å². The van der Waals surface area contributed by atoms with Crippen molar-refractivity contribution in [3.63, 3.8) is 0 Å². The van der Waals surface area contributed by atoms with Crippen LogP contribution in [-0.2, 0) is 9.53 Å². The molecule has 0 bridgehead atoms. The van der Waals surface area contributed by atoms with Crippen molar-refractivity contribution in [1.82, 2.24) is 9.88 Å². The zero-order chi connectivity index (χ0) is 14.4. The molecule has 6 nitrogen and oxygen atoms in total. The Bertz CT molecular complexity index is 522. The topological polar surface area (TPSA) is 79.5 Å². The standard InChI is InChI=1S/C13H18N2O4/c1-9-7-11(16)10(8-14-9)13(18)15(2)6-4-5-12(17)19-3/h7-8H,4-6H2,1-3H3,(H,14,16). The summed E-state index contributed by atoms with van der Waals surface area (Å²) in [5, 5.41) is 0. The molecule has 0 aromatic carbocycles. The summed E-state index contributed by atoms with van der Waals surface area (Å²) in [5.41, 5.74) is 0.502. The van der Waals surface area contributed by atoms with Gasteiger partial charge in [0.2, 0.25) is 0 Å². The van der Waals surface area contributed by atoms with Crippen molar-refractivity contribution in [3.05, 3.63) is 33.7 Å². The summed E-state index contributed by atoms with van der Waals surface area (Å²) in [7, 11) is 2.92. The highest BCUT2D eigenvalue weighted by molar-refractivity contribution is 5.93. The maximum absolute atomic E-state index is 12.0. The van der Waals surface area contributed by atoms with Gasteiger partial charge in [0.25, 0.3) is 5.91 Å². The van der Waals surface area contributed by atoms with Crippen molar-refractivity contribution < 1.29 is 14.3 Å². The van der Waals surface area contributed by atoms with E-state index in [9.17, 15) is 14.4 Å². The summed E-state index contributed by atoms with van der Waals surface area (Å²) in [4.78, 5) is 38.9. The highest BCUT2D eigenvalue weighted by Crippen LogP contribution is 2.01. The minimum Gasteiger partial charge on any atom is -0.469 e. The van der Waals surface area contributed by atoms with Crippen molar-refractivity contribution >= 4 is 11.9 Å². The van der Waals surface area contributed by atoms with Crippen LogP contribution in [0.15, 0.2) is 17.1 Å². The monoisotopic (exact) mass is 266 g/mol. The van der Waals surface area contributed by atoms with Crippen molar-refractivity contribution in [1.29, 1.82) is 0 Å². The van der Waals surface area contributed by atoms with E-state index in [0.29, 0.717) is 18.7 Å². The van der Waals surface area contributed by atoms with Crippen molar-refractivity contribution in [2.24, 2.45) is 0 Å². The van der Waals surface area contributed by atoms with Gasteiger partial charge in [0, 0.05) is 38.0 Å². The van der Waals surface area contributed by atoms with Crippen molar-refractivity contribution in [2.75, 3.05) is 20.7 Å². The highest BCUT2D eigenvalue weighted by Gasteiger charge is 2.15. The number of ether oxygens (including phenoxy) is 1. The third-order valence-electron chi connectivity index (χ3n) is 2.74. The molecule has 0 spiro atoms. The van der Waals surface area contributed by atoms with Crippen LogP contribution in [0.4, 0.5) is 0 Å². The summed E-state index contributed by atoms with van der Waals surface area (Å²) in [6.07, 6.45) is 2.16. The molecule has 1 rings (SSSR count). The molecule has 0 aliphatic carbocycles. The molecule has 1 aromatic rings. The first-order valence-corrected chi connectivity index (χ1v) is 5.97. The SMILES string of the molecule is COC(=O)CCCN(C)C(=O)c1c[nH]c(C)cc1=O. The number of nitrogens with zero attached hydrogens (tertiary/aromatic N) is 1. The van der Waals surface area contributed by atoms with Crippen LogP contribution in [0.2, 0.25) is 0 Å². The Labute approximate surface area is 111 Å². The molecular formula is C13H18N2O4. The Balaban J connectivity index is 2.62. The Kier molecular flexibility index (Phi) is 5.29. The predicted octanol–water partition coefficient (Wildman–Crippen LogP) is 0.709. The molecule has 19 heavy (non-hydrogen) atoms. The molecule has 1 N–H and O–H groups in total. The van der Waals surface area contributed by atoms with Gasteiger partial charge in [-0.1, -0.05) is 0 Å². The van der Waals surface area contributed by atoms with Crippen molar-refractivity contribution in [3.8, 4) is 0 Å². The number of esters is 1. The number of nitrogens with one attached hydrogen (secondary N) is 1. The first-order valence-electron chi connectivity index (χ1n) is 5.97. The number of aromatic amines is 1. The number of pyridine rings is 1. The van der Waals surface area contributed by atoms with Crippen LogP contribution < -0.4 is 5.43 Å². The lowest BCUT2D eigenvalue weighted by atomic mass is 10.2. The van der Waals surface area contributed by atoms with Gasteiger partial charge in [0.15, 0.2) is 5.43 Å². The first kappa shape index (κ1) is 14.9. The molecular weight excluding hydrogens is 248 g/mol. The summed E-state index contributed by atoms with van der Waals surface area (Å²) < 4.78 is 4.51. The van der Waals surface area contributed by atoms with Gasteiger partial charge < -0.3 is 14.6 Å². The fourth-order valence-electron chi connectivity index (χ4n) is 1.61. The molecule has 0 radical (unpaired) electrons. The van der Waals surface area contributed by atoms with Gasteiger partial charge in [0.1, 0.15) is 5.56 Å². The van der Waals surface area contributed by atoms with E-state index in [0.717, 1.165) is 0 Å². The Morgan fingerprint density at radius 2 is 2.11 bits per heavy atom. The molecule has 0 aliphatic heterocycles. The summed E-state index contributed by atoms with van der Waals surface area (Å²) >= 11 is 0. The molecule has 1 aromatic heterocycles. The van der Waals surface area contributed by atoms with Crippen LogP contribution >= 0.6 is 0 Å². The lowest BCUT2D eigenvalue weighted by molar-refractivity contribution is -0.140. The largest absolute Gasteiger partial charge is 0.469 e. The summed E-state index contributed by atoms with van der Waals surface area (Å²) in [6, 6.07) is 1.38. The van der Waals surface area contributed by atoms with Crippen LogP contribution in [0, 0.1) is 6.92 Å². The van der Waals surface area contributed by atoms with E-state index >= 15 is 0 Å². The Morgan fingerprint density at radius 3 is 2.68 bits per heavy atom. The van der Waals surface area contributed by atoms with Gasteiger partial charge in [-0.3, -0.25) is 14.4 Å². The van der Waals surface area contributed by atoms with Gasteiger partial charge in [-0.2, -0.15) is 0 Å². The smallest absolute Gasteiger partial charge is 0.305 e. The third kappa shape index (κ3) is 4.24. The second-order valence-corrected chi connectivity index (χ2v) is 4.30. The third-order valence-corrected chi connectivity index (χ3v) is 2.74. The lowest BCUT2D eigenvalue weighted by Gasteiger charge is -2.16. The molecule has 0 saturated carbocycles. The number of amides is 1. The van der Waals surface area contributed by atoms with Gasteiger partial charge >= 0.3 is 5.97 Å². The van der Waals surface area contributed by atoms with Crippen LogP contribution in [0.3, 0.4) is 0 Å². The van der Waals surface area contributed by atoms with Crippen molar-refractivity contribution in [2.45, 2.75) is 19.8 Å². The van der Waals surface area contributed by atoms with E-state index in [1.807, 2.05) is 0 Å². The second-order valence-electron chi connectivity index (χ2n) is 4.30. The van der Waals surface area contributed by atoms with Crippen LogP contribution in [0.25, 0.3) is 0 Å². The van der Waals surface area contributed by atoms with E-state index in [1.165, 1.54) is 24.3 Å². The van der Waals surface area contributed by atoms with E-state index in [-0.39, 0.29) is 29.3 Å². The van der Waals surface area contributed by atoms with Gasteiger partial charge in [-0.05, 0) is 13.3 Å².